The Bertz CT molecular complexity index is 430. The first-order chi connectivity index (χ1) is 8.09. The fourth-order valence-corrected chi connectivity index (χ4v) is 3.32. The van der Waals surface area contributed by atoms with Gasteiger partial charge in [0.05, 0.1) is 0 Å². The third-order valence-electron chi connectivity index (χ3n) is 3.08. The molecular weight excluding hydrogens is 237 g/mol. The van der Waals surface area contributed by atoms with Gasteiger partial charge in [0, 0.05) is 30.1 Å². The van der Waals surface area contributed by atoms with Crippen molar-refractivity contribution < 1.29 is 4.39 Å². The molecule has 3 nitrogen and oxygen atoms in total. The maximum absolute atomic E-state index is 13.2. The molecule has 17 heavy (non-hydrogen) atoms. The lowest BCUT2D eigenvalue weighted by molar-refractivity contribution is 0.626. The second-order valence-electron chi connectivity index (χ2n) is 4.20. The van der Waals surface area contributed by atoms with Crippen molar-refractivity contribution in [3.63, 3.8) is 0 Å². The van der Waals surface area contributed by atoms with E-state index in [0.717, 1.165) is 23.6 Å². The van der Waals surface area contributed by atoms with Crippen LogP contribution in [0, 0.1) is 11.2 Å². The number of halogens is 1. The lowest BCUT2D eigenvalue weighted by atomic mass is 10.1. The van der Waals surface area contributed by atoms with Gasteiger partial charge in [-0.1, -0.05) is 0 Å². The molecule has 1 aromatic rings. The van der Waals surface area contributed by atoms with E-state index in [4.69, 9.17) is 11.1 Å². The third-order valence-corrected chi connectivity index (χ3v) is 4.23. The first-order valence-corrected chi connectivity index (χ1v) is 6.69. The lowest BCUT2D eigenvalue weighted by Gasteiger charge is -2.28. The zero-order chi connectivity index (χ0) is 12.4. The average Bonchev–Trinajstić information content (AvgIpc) is 2.81. The summed E-state index contributed by atoms with van der Waals surface area (Å²) >= 11 is 1.92. The van der Waals surface area contributed by atoms with E-state index in [0.29, 0.717) is 11.6 Å². The first kappa shape index (κ1) is 12.2. The van der Waals surface area contributed by atoms with E-state index in [1.807, 2.05) is 18.8 Å². The molecule has 3 N–H and O–H groups in total. The van der Waals surface area contributed by atoms with Gasteiger partial charge in [-0.05, 0) is 30.4 Å². The van der Waals surface area contributed by atoms with E-state index in [-0.39, 0.29) is 11.7 Å². The number of thioether (sulfide) groups is 1. The number of nitrogens with two attached hydrogens (primary N) is 1. The third kappa shape index (κ3) is 2.54. The predicted molar refractivity (Wildman–Crippen MR) is 71.5 cm³/mol. The van der Waals surface area contributed by atoms with Gasteiger partial charge in [0.15, 0.2) is 0 Å². The van der Waals surface area contributed by atoms with E-state index in [9.17, 15) is 4.39 Å². The fourth-order valence-electron chi connectivity index (χ4n) is 2.06. The van der Waals surface area contributed by atoms with Crippen LogP contribution in [0.15, 0.2) is 18.2 Å². The van der Waals surface area contributed by atoms with Crippen LogP contribution in [0.2, 0.25) is 0 Å². The highest BCUT2D eigenvalue weighted by Crippen LogP contribution is 2.28. The molecule has 1 aliphatic rings. The largest absolute Gasteiger partial charge is 0.384 e. The van der Waals surface area contributed by atoms with E-state index in [1.54, 1.807) is 6.07 Å². The molecule has 0 radical (unpaired) electrons. The quantitative estimate of drug-likeness (QED) is 0.640. The topological polar surface area (TPSA) is 53.1 Å². The maximum Gasteiger partial charge on any atom is 0.125 e. The summed E-state index contributed by atoms with van der Waals surface area (Å²) in [5.74, 6) is 1.79. The Labute approximate surface area is 105 Å². The Morgan fingerprint density at radius 1 is 1.59 bits per heavy atom. The Morgan fingerprint density at radius 3 is 2.94 bits per heavy atom. The van der Waals surface area contributed by atoms with Gasteiger partial charge < -0.3 is 10.6 Å². The molecule has 0 aliphatic carbocycles. The number of nitrogens with one attached hydrogen (secondary N) is 1. The second-order valence-corrected chi connectivity index (χ2v) is 5.35. The van der Waals surface area contributed by atoms with E-state index >= 15 is 0 Å². The average molecular weight is 253 g/mol. The summed E-state index contributed by atoms with van der Waals surface area (Å²) in [4.78, 5) is 2.11. The number of rotatable bonds is 3. The van der Waals surface area contributed by atoms with Gasteiger partial charge in [-0.3, -0.25) is 5.41 Å². The van der Waals surface area contributed by atoms with Crippen LogP contribution in [0.4, 0.5) is 10.1 Å². The fraction of sp³-hybridized carbons (Fsp3) is 0.417. The van der Waals surface area contributed by atoms with Gasteiger partial charge in [-0.25, -0.2) is 4.39 Å². The Kier molecular flexibility index (Phi) is 3.57. The molecule has 1 saturated heterocycles. The normalized spacial score (nSPS) is 19.3. The van der Waals surface area contributed by atoms with E-state index in [2.05, 4.69) is 4.90 Å². The van der Waals surface area contributed by atoms with Crippen LogP contribution in [-0.2, 0) is 0 Å². The number of nitrogen functional groups attached to an aromatic ring is 1. The zero-order valence-electron chi connectivity index (χ0n) is 9.74. The molecule has 0 amide bonds. The molecule has 5 heteroatoms. The molecule has 0 aromatic heterocycles. The molecule has 1 unspecified atom stereocenters. The Hall–Kier alpha value is -1.23. The SMILES string of the molecule is CN(c1ccc(F)cc1C(=N)N)C1CCSC1. The predicted octanol–water partition coefficient (Wildman–Crippen LogP) is 2.05. The van der Waals surface area contributed by atoms with Crippen molar-refractivity contribution in [1.29, 1.82) is 5.41 Å². The summed E-state index contributed by atoms with van der Waals surface area (Å²) in [6, 6.07) is 4.90. The zero-order valence-corrected chi connectivity index (χ0v) is 10.6. The lowest BCUT2D eigenvalue weighted by Crippen LogP contribution is -2.33. The summed E-state index contributed by atoms with van der Waals surface area (Å²) < 4.78 is 13.2. The molecular formula is C12H16FN3S. The molecule has 1 aromatic carbocycles. The minimum absolute atomic E-state index is 0.0861. The summed E-state index contributed by atoms with van der Waals surface area (Å²) in [5, 5.41) is 7.52. The number of benzene rings is 1. The molecule has 92 valence electrons. The maximum atomic E-state index is 13.2. The van der Waals surface area contributed by atoms with Gasteiger partial charge in [0.1, 0.15) is 11.7 Å². The number of anilines is 1. The minimum atomic E-state index is -0.354. The van der Waals surface area contributed by atoms with Gasteiger partial charge in [0.25, 0.3) is 0 Å². The number of amidine groups is 1. The minimum Gasteiger partial charge on any atom is -0.384 e. The van der Waals surface area contributed by atoms with Gasteiger partial charge in [0.2, 0.25) is 0 Å². The van der Waals surface area contributed by atoms with Crippen LogP contribution in [0.25, 0.3) is 0 Å². The van der Waals surface area contributed by atoms with Crippen molar-refractivity contribution in [2.45, 2.75) is 12.5 Å². The van der Waals surface area contributed by atoms with Gasteiger partial charge in [-0.2, -0.15) is 11.8 Å². The molecule has 1 heterocycles. The van der Waals surface area contributed by atoms with Crippen LogP contribution in [-0.4, -0.2) is 30.4 Å². The van der Waals surface area contributed by atoms with Crippen LogP contribution in [0.5, 0.6) is 0 Å². The first-order valence-electron chi connectivity index (χ1n) is 5.54. The van der Waals surface area contributed by atoms with Crippen molar-refractivity contribution in [3.05, 3.63) is 29.6 Å². The summed E-state index contributed by atoms with van der Waals surface area (Å²) in [7, 11) is 1.98. The van der Waals surface area contributed by atoms with Crippen molar-refractivity contribution in [2.75, 3.05) is 23.5 Å². The second kappa shape index (κ2) is 4.96. The number of hydrogen-bond donors (Lipinski definition) is 2. The summed E-state index contributed by atoms with van der Waals surface area (Å²) in [6.07, 6.45) is 1.12. The van der Waals surface area contributed by atoms with E-state index < -0.39 is 0 Å². The number of hydrogen-bond acceptors (Lipinski definition) is 3. The molecule has 0 spiro atoms. The highest BCUT2D eigenvalue weighted by Gasteiger charge is 2.22. The highest BCUT2D eigenvalue weighted by atomic mass is 32.2. The Morgan fingerprint density at radius 2 is 2.35 bits per heavy atom. The van der Waals surface area contributed by atoms with Crippen molar-refractivity contribution >= 4 is 23.3 Å². The van der Waals surface area contributed by atoms with Crippen molar-refractivity contribution in [1.82, 2.24) is 0 Å². The molecule has 1 aliphatic heterocycles. The van der Waals surface area contributed by atoms with Crippen LogP contribution < -0.4 is 10.6 Å². The van der Waals surface area contributed by atoms with Gasteiger partial charge >= 0.3 is 0 Å². The standard InChI is InChI=1S/C12H16FN3S/c1-16(9-4-5-17-7-9)11-3-2-8(13)6-10(11)12(14)15/h2-3,6,9H,4-5,7H2,1H3,(H3,14,15). The smallest absolute Gasteiger partial charge is 0.125 e. The van der Waals surface area contributed by atoms with Crippen LogP contribution >= 0.6 is 11.8 Å². The van der Waals surface area contributed by atoms with Gasteiger partial charge in [-0.15, -0.1) is 0 Å². The van der Waals surface area contributed by atoms with Crippen molar-refractivity contribution in [2.24, 2.45) is 5.73 Å². The summed E-state index contributed by atoms with van der Waals surface area (Å²) in [5.41, 5.74) is 6.82. The Balaban J connectivity index is 2.33. The summed E-state index contributed by atoms with van der Waals surface area (Å²) in [6.45, 7) is 0. The molecule has 0 saturated carbocycles. The molecule has 1 atom stereocenters. The number of nitrogens with zero attached hydrogens (tertiary/aromatic N) is 1. The molecule has 2 rings (SSSR count). The van der Waals surface area contributed by atoms with Crippen molar-refractivity contribution in [3.8, 4) is 0 Å². The monoisotopic (exact) mass is 253 g/mol. The molecule has 0 bridgehead atoms. The molecule has 1 fully saturated rings. The highest BCUT2D eigenvalue weighted by molar-refractivity contribution is 7.99. The van der Waals surface area contributed by atoms with Crippen LogP contribution in [0.3, 0.4) is 0 Å². The van der Waals surface area contributed by atoms with Crippen LogP contribution in [0.1, 0.15) is 12.0 Å². The van der Waals surface area contributed by atoms with E-state index in [1.165, 1.54) is 12.1 Å².